The Hall–Kier alpha value is -2.34. The molecule has 6 nitrogen and oxygen atoms in total. The number of carbonyl (C=O) groups is 1. The fourth-order valence-electron chi connectivity index (χ4n) is 2.27. The summed E-state index contributed by atoms with van der Waals surface area (Å²) in [6.07, 6.45) is 4.79. The predicted molar refractivity (Wildman–Crippen MR) is 82.3 cm³/mol. The minimum atomic E-state index is -0.428. The average molecular weight is 301 g/mol. The Morgan fingerprint density at radius 3 is 2.77 bits per heavy atom. The van der Waals surface area contributed by atoms with Crippen molar-refractivity contribution < 1.29 is 14.3 Å². The van der Waals surface area contributed by atoms with E-state index >= 15 is 0 Å². The first-order chi connectivity index (χ1) is 10.6. The van der Waals surface area contributed by atoms with Crippen LogP contribution in [-0.2, 0) is 0 Å². The molecule has 22 heavy (non-hydrogen) atoms. The van der Waals surface area contributed by atoms with Crippen LogP contribution in [0, 0.1) is 5.92 Å². The van der Waals surface area contributed by atoms with Gasteiger partial charge in [-0.2, -0.15) is 0 Å². The summed E-state index contributed by atoms with van der Waals surface area (Å²) in [7, 11) is 1.68. The summed E-state index contributed by atoms with van der Waals surface area (Å²) in [6.45, 7) is 0.352. The molecular weight excluding hydrogens is 282 g/mol. The highest BCUT2D eigenvalue weighted by molar-refractivity contribution is 5.89. The van der Waals surface area contributed by atoms with Crippen LogP contribution in [0.15, 0.2) is 41.1 Å². The number of aliphatic hydroxyl groups is 1. The first kappa shape index (κ1) is 14.6. The van der Waals surface area contributed by atoms with Crippen LogP contribution in [0.1, 0.15) is 12.8 Å². The van der Waals surface area contributed by atoms with Crippen molar-refractivity contribution >= 4 is 11.7 Å². The summed E-state index contributed by atoms with van der Waals surface area (Å²) in [5.74, 6) is 0.901. The maximum absolute atomic E-state index is 12.1. The largest absolute Gasteiger partial charge is 0.445 e. The van der Waals surface area contributed by atoms with Crippen molar-refractivity contribution in [3.8, 4) is 11.5 Å². The van der Waals surface area contributed by atoms with E-state index in [0.29, 0.717) is 24.0 Å². The van der Waals surface area contributed by atoms with Gasteiger partial charge in [0, 0.05) is 24.8 Å². The zero-order valence-electron chi connectivity index (χ0n) is 12.4. The van der Waals surface area contributed by atoms with Crippen molar-refractivity contribution in [2.45, 2.75) is 18.9 Å². The zero-order chi connectivity index (χ0) is 15.5. The monoisotopic (exact) mass is 301 g/mol. The smallest absolute Gasteiger partial charge is 0.321 e. The number of aromatic nitrogens is 1. The van der Waals surface area contributed by atoms with E-state index in [-0.39, 0.29) is 6.03 Å². The van der Waals surface area contributed by atoms with Crippen LogP contribution < -0.4 is 5.32 Å². The summed E-state index contributed by atoms with van der Waals surface area (Å²) in [4.78, 5) is 17.7. The molecule has 0 spiro atoms. The van der Waals surface area contributed by atoms with Gasteiger partial charge in [0.2, 0.25) is 5.89 Å². The second kappa shape index (κ2) is 6.19. The molecule has 2 amide bonds. The third-order valence-electron chi connectivity index (χ3n) is 3.79. The third kappa shape index (κ3) is 3.46. The van der Waals surface area contributed by atoms with E-state index in [9.17, 15) is 9.90 Å². The number of amides is 2. The topological polar surface area (TPSA) is 78.6 Å². The van der Waals surface area contributed by atoms with Gasteiger partial charge in [0.05, 0.1) is 12.3 Å². The van der Waals surface area contributed by atoms with Gasteiger partial charge in [0.25, 0.3) is 0 Å². The van der Waals surface area contributed by atoms with Crippen molar-refractivity contribution in [2.24, 2.45) is 5.92 Å². The number of rotatable bonds is 5. The fourth-order valence-corrected chi connectivity index (χ4v) is 2.27. The Morgan fingerprint density at radius 2 is 2.18 bits per heavy atom. The van der Waals surface area contributed by atoms with Gasteiger partial charge in [-0.05, 0) is 43.0 Å². The van der Waals surface area contributed by atoms with Crippen LogP contribution in [0.5, 0.6) is 0 Å². The van der Waals surface area contributed by atoms with E-state index in [2.05, 4.69) is 10.3 Å². The fraction of sp³-hybridized carbons (Fsp3) is 0.375. The van der Waals surface area contributed by atoms with Crippen LogP contribution in [0.2, 0.25) is 0 Å². The number of nitrogens with one attached hydrogen (secondary N) is 1. The molecule has 1 aromatic heterocycles. The number of carbonyl (C=O) groups excluding carboxylic acids is 1. The quantitative estimate of drug-likeness (QED) is 0.889. The Morgan fingerprint density at radius 1 is 1.45 bits per heavy atom. The minimum absolute atomic E-state index is 0.233. The summed E-state index contributed by atoms with van der Waals surface area (Å²) in [5.41, 5.74) is 1.54. The Bertz CT molecular complexity index is 621. The van der Waals surface area contributed by atoms with E-state index in [1.54, 1.807) is 25.4 Å². The van der Waals surface area contributed by atoms with Crippen LogP contribution in [-0.4, -0.2) is 40.7 Å². The van der Waals surface area contributed by atoms with Gasteiger partial charge < -0.3 is 19.7 Å². The zero-order valence-corrected chi connectivity index (χ0v) is 12.4. The molecule has 0 bridgehead atoms. The third-order valence-corrected chi connectivity index (χ3v) is 3.79. The highest BCUT2D eigenvalue weighted by Crippen LogP contribution is 2.32. The second-order valence-corrected chi connectivity index (χ2v) is 5.63. The molecule has 1 heterocycles. The summed E-state index contributed by atoms with van der Waals surface area (Å²) >= 11 is 0. The molecule has 1 aliphatic carbocycles. The van der Waals surface area contributed by atoms with Gasteiger partial charge in [0.1, 0.15) is 6.26 Å². The maximum atomic E-state index is 12.1. The summed E-state index contributed by atoms with van der Waals surface area (Å²) in [5, 5.41) is 12.7. The predicted octanol–water partition coefficient (Wildman–Crippen LogP) is 2.58. The molecule has 1 aromatic carbocycles. The number of urea groups is 1. The van der Waals surface area contributed by atoms with E-state index in [4.69, 9.17) is 4.42 Å². The Labute approximate surface area is 128 Å². The standard InChI is InChI=1S/C16H19N3O3/c1-19(10-14(20)11-2-3-11)16(21)18-13-6-4-12(5-7-13)15-17-8-9-22-15/h4-9,11,14,20H,2-3,10H2,1H3,(H,18,21). The molecule has 1 fully saturated rings. The van der Waals surface area contributed by atoms with E-state index in [1.807, 2.05) is 12.1 Å². The SMILES string of the molecule is CN(CC(O)C1CC1)C(=O)Nc1ccc(-c2ncco2)cc1. The number of likely N-dealkylation sites (N-methyl/N-ethyl adjacent to an activating group) is 1. The first-order valence-electron chi connectivity index (χ1n) is 7.33. The number of aliphatic hydroxyl groups excluding tert-OH is 1. The van der Waals surface area contributed by atoms with E-state index < -0.39 is 6.10 Å². The van der Waals surface area contributed by atoms with Crippen molar-refractivity contribution in [1.82, 2.24) is 9.88 Å². The molecular formula is C16H19N3O3. The lowest BCUT2D eigenvalue weighted by molar-refractivity contribution is 0.117. The lowest BCUT2D eigenvalue weighted by Crippen LogP contribution is -2.37. The second-order valence-electron chi connectivity index (χ2n) is 5.63. The molecule has 116 valence electrons. The van der Waals surface area contributed by atoms with Gasteiger partial charge in [-0.3, -0.25) is 0 Å². The van der Waals surface area contributed by atoms with Crippen LogP contribution in [0.3, 0.4) is 0 Å². The number of benzene rings is 1. The molecule has 0 aliphatic heterocycles. The van der Waals surface area contributed by atoms with Crippen LogP contribution in [0.25, 0.3) is 11.5 Å². The first-order valence-corrected chi connectivity index (χ1v) is 7.33. The van der Waals surface area contributed by atoms with Gasteiger partial charge in [-0.1, -0.05) is 0 Å². The molecule has 2 N–H and O–H groups in total. The van der Waals surface area contributed by atoms with Crippen molar-refractivity contribution in [1.29, 1.82) is 0 Å². The van der Waals surface area contributed by atoms with Crippen molar-refractivity contribution in [3.63, 3.8) is 0 Å². The van der Waals surface area contributed by atoms with Gasteiger partial charge in [0.15, 0.2) is 0 Å². The highest BCUT2D eigenvalue weighted by Gasteiger charge is 2.31. The molecule has 3 rings (SSSR count). The summed E-state index contributed by atoms with van der Waals surface area (Å²) < 4.78 is 5.22. The normalized spacial score (nSPS) is 15.4. The molecule has 1 unspecified atom stereocenters. The van der Waals surface area contributed by atoms with Crippen molar-refractivity contribution in [3.05, 3.63) is 36.7 Å². The lowest BCUT2D eigenvalue weighted by Gasteiger charge is -2.21. The lowest BCUT2D eigenvalue weighted by atomic mass is 10.2. The van der Waals surface area contributed by atoms with E-state index in [1.165, 1.54) is 11.2 Å². The number of oxazole rings is 1. The molecule has 2 aromatic rings. The maximum Gasteiger partial charge on any atom is 0.321 e. The Kier molecular flexibility index (Phi) is 4.11. The molecule has 1 atom stereocenters. The number of anilines is 1. The van der Waals surface area contributed by atoms with Crippen molar-refractivity contribution in [2.75, 3.05) is 18.9 Å². The number of hydrogen-bond donors (Lipinski definition) is 2. The molecule has 1 aliphatic rings. The molecule has 0 saturated heterocycles. The number of hydrogen-bond acceptors (Lipinski definition) is 4. The van der Waals surface area contributed by atoms with Gasteiger partial charge in [-0.25, -0.2) is 9.78 Å². The molecule has 6 heteroatoms. The average Bonchev–Trinajstić information content (AvgIpc) is 3.23. The minimum Gasteiger partial charge on any atom is -0.445 e. The van der Waals surface area contributed by atoms with Gasteiger partial charge in [-0.15, -0.1) is 0 Å². The highest BCUT2D eigenvalue weighted by atomic mass is 16.3. The van der Waals surface area contributed by atoms with E-state index in [0.717, 1.165) is 18.4 Å². The van der Waals surface area contributed by atoms with Gasteiger partial charge >= 0.3 is 6.03 Å². The number of nitrogens with zero attached hydrogens (tertiary/aromatic N) is 2. The Balaban J connectivity index is 1.56. The van der Waals surface area contributed by atoms with Crippen LogP contribution in [0.4, 0.5) is 10.5 Å². The molecule has 1 saturated carbocycles. The van der Waals surface area contributed by atoms with Crippen LogP contribution >= 0.6 is 0 Å². The summed E-state index contributed by atoms with van der Waals surface area (Å²) in [6, 6.07) is 7.02. The molecule has 0 radical (unpaired) electrons.